The van der Waals surface area contributed by atoms with E-state index in [-0.39, 0.29) is 17.3 Å². The summed E-state index contributed by atoms with van der Waals surface area (Å²) >= 11 is 0. The molecule has 6 nitrogen and oxygen atoms in total. The number of hydrogen-bond acceptors (Lipinski definition) is 5. The van der Waals surface area contributed by atoms with Crippen molar-refractivity contribution < 1.29 is 9.18 Å². The molecule has 1 amide bonds. The summed E-state index contributed by atoms with van der Waals surface area (Å²) < 4.78 is 14.1. The molecule has 7 heteroatoms. The number of carbonyl (C=O) groups is 1. The molecule has 2 rings (SSSR count). The molecule has 0 atom stereocenters. The van der Waals surface area contributed by atoms with Crippen LogP contribution < -0.4 is 10.6 Å². The standard InChI is InChI=1S/C13H14FN5O/c1-2-5-15-11-10(14)9(4-8-16-11)12(20)19-13-17-6-3-7-18-13/h3-4,6-8H,2,5H2,1H3,(H,15,16)(H,17,18,19,20). The van der Waals surface area contributed by atoms with Crippen LogP contribution in [0.3, 0.4) is 0 Å². The van der Waals surface area contributed by atoms with Gasteiger partial charge in [0.05, 0.1) is 5.56 Å². The van der Waals surface area contributed by atoms with Crippen molar-refractivity contribution in [2.45, 2.75) is 13.3 Å². The Morgan fingerprint density at radius 3 is 2.70 bits per heavy atom. The van der Waals surface area contributed by atoms with Crippen LogP contribution in [0.15, 0.2) is 30.7 Å². The Morgan fingerprint density at radius 1 is 1.25 bits per heavy atom. The average Bonchev–Trinajstić information content (AvgIpc) is 2.47. The Labute approximate surface area is 115 Å². The van der Waals surface area contributed by atoms with Crippen LogP contribution in [0.25, 0.3) is 0 Å². The lowest BCUT2D eigenvalue weighted by molar-refractivity contribution is 0.102. The van der Waals surface area contributed by atoms with Gasteiger partial charge in [-0.1, -0.05) is 6.92 Å². The van der Waals surface area contributed by atoms with Crippen LogP contribution in [0.2, 0.25) is 0 Å². The maximum Gasteiger partial charge on any atom is 0.261 e. The Balaban J connectivity index is 2.17. The first-order valence-electron chi connectivity index (χ1n) is 6.19. The molecule has 0 radical (unpaired) electrons. The molecule has 0 fully saturated rings. The molecule has 2 aromatic heterocycles. The average molecular weight is 275 g/mol. The zero-order valence-corrected chi connectivity index (χ0v) is 10.9. The van der Waals surface area contributed by atoms with Crippen molar-refractivity contribution in [2.75, 3.05) is 17.2 Å². The minimum absolute atomic E-state index is 0.0634. The highest BCUT2D eigenvalue weighted by Crippen LogP contribution is 2.16. The number of pyridine rings is 1. The van der Waals surface area contributed by atoms with Crippen molar-refractivity contribution in [1.82, 2.24) is 15.0 Å². The van der Waals surface area contributed by atoms with E-state index in [4.69, 9.17) is 0 Å². The second-order valence-electron chi connectivity index (χ2n) is 3.97. The van der Waals surface area contributed by atoms with Crippen LogP contribution >= 0.6 is 0 Å². The fourth-order valence-corrected chi connectivity index (χ4v) is 1.52. The number of hydrogen-bond donors (Lipinski definition) is 2. The lowest BCUT2D eigenvalue weighted by atomic mass is 10.2. The Bertz CT molecular complexity index is 591. The zero-order valence-electron chi connectivity index (χ0n) is 10.9. The molecule has 0 aliphatic rings. The molecule has 104 valence electrons. The molecule has 0 bridgehead atoms. The van der Waals surface area contributed by atoms with Crippen molar-refractivity contribution in [3.63, 3.8) is 0 Å². The summed E-state index contributed by atoms with van der Waals surface area (Å²) in [7, 11) is 0. The summed E-state index contributed by atoms with van der Waals surface area (Å²) in [6.07, 6.45) is 5.18. The summed E-state index contributed by atoms with van der Waals surface area (Å²) in [5.74, 6) is -1.12. The lowest BCUT2D eigenvalue weighted by Crippen LogP contribution is -2.17. The fourth-order valence-electron chi connectivity index (χ4n) is 1.52. The van der Waals surface area contributed by atoms with Gasteiger partial charge >= 0.3 is 0 Å². The summed E-state index contributed by atoms with van der Waals surface area (Å²) in [4.78, 5) is 23.5. The van der Waals surface area contributed by atoms with E-state index in [0.717, 1.165) is 6.42 Å². The van der Waals surface area contributed by atoms with Gasteiger partial charge in [-0.3, -0.25) is 10.1 Å². The van der Waals surface area contributed by atoms with Crippen LogP contribution in [0.4, 0.5) is 16.2 Å². The monoisotopic (exact) mass is 275 g/mol. The quantitative estimate of drug-likeness (QED) is 0.873. The number of nitrogens with one attached hydrogen (secondary N) is 2. The summed E-state index contributed by atoms with van der Waals surface area (Å²) in [5.41, 5.74) is -0.106. The van der Waals surface area contributed by atoms with E-state index in [1.54, 1.807) is 6.07 Å². The molecule has 2 aromatic rings. The number of halogens is 1. The van der Waals surface area contributed by atoms with Crippen molar-refractivity contribution in [1.29, 1.82) is 0 Å². The predicted octanol–water partition coefficient (Wildman–Crippen LogP) is 2.08. The highest BCUT2D eigenvalue weighted by molar-refractivity contribution is 6.03. The van der Waals surface area contributed by atoms with Gasteiger partial charge in [-0.2, -0.15) is 0 Å². The Hall–Kier alpha value is -2.57. The van der Waals surface area contributed by atoms with Gasteiger partial charge in [0.2, 0.25) is 5.95 Å². The number of nitrogens with zero attached hydrogens (tertiary/aromatic N) is 3. The van der Waals surface area contributed by atoms with E-state index in [9.17, 15) is 9.18 Å². The molecular weight excluding hydrogens is 261 g/mol. The van der Waals surface area contributed by atoms with Crippen molar-refractivity contribution >= 4 is 17.7 Å². The molecular formula is C13H14FN5O. The third-order valence-electron chi connectivity index (χ3n) is 2.47. The summed E-state index contributed by atoms with van der Waals surface area (Å²) in [5, 5.41) is 5.25. The highest BCUT2D eigenvalue weighted by atomic mass is 19.1. The van der Waals surface area contributed by atoms with E-state index >= 15 is 0 Å². The molecule has 2 heterocycles. The van der Waals surface area contributed by atoms with Crippen LogP contribution in [0.5, 0.6) is 0 Å². The second kappa shape index (κ2) is 6.55. The van der Waals surface area contributed by atoms with Crippen LogP contribution in [-0.2, 0) is 0 Å². The smallest absolute Gasteiger partial charge is 0.261 e. The first kappa shape index (κ1) is 13.9. The van der Waals surface area contributed by atoms with E-state index in [1.165, 1.54) is 24.7 Å². The molecule has 0 aliphatic heterocycles. The van der Waals surface area contributed by atoms with Gasteiger partial charge in [-0.05, 0) is 18.6 Å². The first-order valence-corrected chi connectivity index (χ1v) is 6.19. The van der Waals surface area contributed by atoms with Crippen molar-refractivity contribution in [2.24, 2.45) is 0 Å². The predicted molar refractivity (Wildman–Crippen MR) is 73.0 cm³/mol. The molecule has 0 spiro atoms. The molecule has 2 N–H and O–H groups in total. The van der Waals surface area contributed by atoms with E-state index in [1.807, 2.05) is 6.92 Å². The fraction of sp³-hybridized carbons (Fsp3) is 0.231. The van der Waals surface area contributed by atoms with Crippen molar-refractivity contribution in [3.05, 3.63) is 42.1 Å². The van der Waals surface area contributed by atoms with Crippen LogP contribution in [0.1, 0.15) is 23.7 Å². The second-order valence-corrected chi connectivity index (χ2v) is 3.97. The molecule has 0 aliphatic carbocycles. The Kier molecular flexibility index (Phi) is 4.54. The van der Waals surface area contributed by atoms with Crippen LogP contribution in [-0.4, -0.2) is 27.4 Å². The SMILES string of the molecule is CCCNc1nccc(C(=O)Nc2ncccn2)c1F. The minimum Gasteiger partial charge on any atom is -0.368 e. The zero-order chi connectivity index (χ0) is 14.4. The van der Waals surface area contributed by atoms with Gasteiger partial charge in [-0.15, -0.1) is 0 Å². The molecule has 0 saturated carbocycles. The van der Waals surface area contributed by atoms with Gasteiger partial charge in [-0.25, -0.2) is 19.3 Å². The Morgan fingerprint density at radius 2 is 2.00 bits per heavy atom. The molecule has 0 saturated heterocycles. The first-order chi connectivity index (χ1) is 9.72. The van der Waals surface area contributed by atoms with E-state index < -0.39 is 11.7 Å². The van der Waals surface area contributed by atoms with Crippen LogP contribution in [0, 0.1) is 5.82 Å². The topological polar surface area (TPSA) is 79.8 Å². The summed E-state index contributed by atoms with van der Waals surface area (Å²) in [6.45, 7) is 2.53. The normalized spacial score (nSPS) is 10.1. The third kappa shape index (κ3) is 3.25. The minimum atomic E-state index is -0.686. The number of aromatic nitrogens is 3. The molecule has 20 heavy (non-hydrogen) atoms. The molecule has 0 aromatic carbocycles. The third-order valence-corrected chi connectivity index (χ3v) is 2.47. The van der Waals surface area contributed by atoms with Gasteiger partial charge in [0.15, 0.2) is 11.6 Å². The van der Waals surface area contributed by atoms with E-state index in [2.05, 4.69) is 25.6 Å². The maximum atomic E-state index is 14.1. The number of amides is 1. The molecule has 0 unspecified atom stereocenters. The van der Waals surface area contributed by atoms with Gasteiger partial charge < -0.3 is 5.32 Å². The summed E-state index contributed by atoms with van der Waals surface area (Å²) in [6, 6.07) is 2.93. The number of carbonyl (C=O) groups excluding carboxylic acids is 1. The largest absolute Gasteiger partial charge is 0.368 e. The van der Waals surface area contributed by atoms with Gasteiger partial charge in [0.25, 0.3) is 5.91 Å². The van der Waals surface area contributed by atoms with Gasteiger partial charge in [0.1, 0.15) is 0 Å². The lowest BCUT2D eigenvalue weighted by Gasteiger charge is -2.08. The number of rotatable bonds is 5. The number of anilines is 2. The van der Waals surface area contributed by atoms with E-state index in [0.29, 0.717) is 6.54 Å². The van der Waals surface area contributed by atoms with Crippen molar-refractivity contribution in [3.8, 4) is 0 Å². The van der Waals surface area contributed by atoms with Gasteiger partial charge in [0, 0.05) is 25.1 Å². The maximum absolute atomic E-state index is 14.1. The highest BCUT2D eigenvalue weighted by Gasteiger charge is 2.16.